The van der Waals surface area contributed by atoms with Crippen LogP contribution in [0.1, 0.15) is 49.7 Å². The molecule has 2 atom stereocenters. The highest BCUT2D eigenvalue weighted by molar-refractivity contribution is 5.81. The van der Waals surface area contributed by atoms with Gasteiger partial charge in [-0.05, 0) is 37.5 Å². The van der Waals surface area contributed by atoms with Gasteiger partial charge in [-0.25, -0.2) is 0 Å². The number of carbonyl (C=O) groups is 1. The molecule has 0 unspecified atom stereocenters. The molecule has 2 N–H and O–H groups in total. The number of rotatable bonds is 6. The SMILES string of the molecule is N[C@H]1CCCC[C@H]1C(=O)CCCOc1cc(C(F)(F)F)cc(C(F)(F)F)c1. The lowest BCUT2D eigenvalue weighted by atomic mass is 9.81. The van der Waals surface area contributed by atoms with E-state index in [0.717, 1.165) is 19.3 Å². The van der Waals surface area contributed by atoms with Gasteiger partial charge in [0.1, 0.15) is 11.5 Å². The highest BCUT2D eigenvalue weighted by Gasteiger charge is 2.37. The lowest BCUT2D eigenvalue weighted by Gasteiger charge is -2.27. The maximum Gasteiger partial charge on any atom is 0.416 e. The number of Topliss-reactive ketones (excluding diaryl/α,β-unsaturated/α-hetero) is 1. The van der Waals surface area contributed by atoms with Crippen LogP contribution in [0.2, 0.25) is 0 Å². The first-order valence-corrected chi connectivity index (χ1v) is 8.69. The average molecular weight is 397 g/mol. The number of ether oxygens (including phenoxy) is 1. The Morgan fingerprint density at radius 3 is 2.07 bits per heavy atom. The summed E-state index contributed by atoms with van der Waals surface area (Å²) in [6.45, 7) is -0.160. The summed E-state index contributed by atoms with van der Waals surface area (Å²) in [6.07, 6.45) is -6.14. The fourth-order valence-corrected chi connectivity index (χ4v) is 3.19. The summed E-state index contributed by atoms with van der Waals surface area (Å²) in [6, 6.07) is 0.897. The number of ketones is 1. The van der Waals surface area contributed by atoms with Crippen LogP contribution < -0.4 is 10.5 Å². The van der Waals surface area contributed by atoms with E-state index in [-0.39, 0.29) is 43.3 Å². The second-order valence-corrected chi connectivity index (χ2v) is 6.71. The predicted octanol–water partition coefficient (Wildman–Crippen LogP) is 4.97. The molecule has 1 aromatic rings. The average Bonchev–Trinajstić information content (AvgIpc) is 2.57. The standard InChI is InChI=1S/C18H21F6NO2/c19-17(20,21)11-8-12(18(22,23)24)10-13(9-11)27-7-3-6-16(26)14-4-1-2-5-15(14)25/h8-10,14-15H,1-7,25H2/t14-,15+/m1/s1. The van der Waals surface area contributed by atoms with Crippen molar-refractivity contribution in [2.24, 2.45) is 11.7 Å². The third-order valence-corrected chi connectivity index (χ3v) is 4.63. The number of nitrogens with two attached hydrogens (primary N) is 1. The van der Waals surface area contributed by atoms with Crippen LogP contribution >= 0.6 is 0 Å². The Labute approximate surface area is 152 Å². The summed E-state index contributed by atoms with van der Waals surface area (Å²) in [5, 5.41) is 0. The van der Waals surface area contributed by atoms with E-state index in [1.807, 2.05) is 0 Å². The monoisotopic (exact) mass is 397 g/mol. The second kappa shape index (κ2) is 8.50. The van der Waals surface area contributed by atoms with Crippen LogP contribution in [-0.4, -0.2) is 18.4 Å². The molecule has 0 spiro atoms. The van der Waals surface area contributed by atoms with Gasteiger partial charge < -0.3 is 10.5 Å². The number of halogens is 6. The number of benzene rings is 1. The molecule has 3 nitrogen and oxygen atoms in total. The van der Waals surface area contributed by atoms with Gasteiger partial charge in [-0.15, -0.1) is 0 Å². The quantitative estimate of drug-likeness (QED) is 0.545. The minimum atomic E-state index is -4.92. The Bertz CT molecular complexity index is 624. The van der Waals surface area contributed by atoms with Gasteiger partial charge in [-0.1, -0.05) is 12.8 Å². The van der Waals surface area contributed by atoms with Gasteiger partial charge >= 0.3 is 12.4 Å². The fraction of sp³-hybridized carbons (Fsp3) is 0.611. The Balaban J connectivity index is 1.96. The molecule has 0 aromatic heterocycles. The van der Waals surface area contributed by atoms with E-state index in [1.165, 1.54) is 0 Å². The molecular formula is C18H21F6NO2. The van der Waals surface area contributed by atoms with Crippen molar-refractivity contribution < 1.29 is 35.9 Å². The first-order valence-electron chi connectivity index (χ1n) is 8.69. The van der Waals surface area contributed by atoms with Crippen LogP contribution in [0.25, 0.3) is 0 Å². The Hall–Kier alpha value is -1.77. The molecule has 9 heteroatoms. The summed E-state index contributed by atoms with van der Waals surface area (Å²) >= 11 is 0. The van der Waals surface area contributed by atoms with Crippen LogP contribution in [0.4, 0.5) is 26.3 Å². The van der Waals surface area contributed by atoms with Crippen LogP contribution in [-0.2, 0) is 17.1 Å². The molecular weight excluding hydrogens is 376 g/mol. The minimum Gasteiger partial charge on any atom is -0.494 e. The maximum absolute atomic E-state index is 12.8. The molecule has 1 saturated carbocycles. The summed E-state index contributed by atoms with van der Waals surface area (Å²) in [5.41, 5.74) is 3.06. The Morgan fingerprint density at radius 1 is 1.00 bits per heavy atom. The van der Waals surface area contributed by atoms with Crippen LogP contribution in [0.5, 0.6) is 5.75 Å². The third kappa shape index (κ3) is 6.12. The van der Waals surface area contributed by atoms with E-state index < -0.39 is 29.2 Å². The highest BCUT2D eigenvalue weighted by atomic mass is 19.4. The minimum absolute atomic E-state index is 0.0363. The summed E-state index contributed by atoms with van der Waals surface area (Å²) < 4.78 is 81.8. The molecule has 0 aliphatic heterocycles. The maximum atomic E-state index is 12.8. The van der Waals surface area contributed by atoms with Gasteiger partial charge in [0.15, 0.2) is 0 Å². The van der Waals surface area contributed by atoms with Crippen molar-refractivity contribution >= 4 is 5.78 Å². The molecule has 152 valence electrons. The zero-order valence-corrected chi connectivity index (χ0v) is 14.5. The van der Waals surface area contributed by atoms with Crippen molar-refractivity contribution in [2.45, 2.75) is 56.9 Å². The van der Waals surface area contributed by atoms with Crippen molar-refractivity contribution in [3.63, 3.8) is 0 Å². The molecule has 27 heavy (non-hydrogen) atoms. The third-order valence-electron chi connectivity index (χ3n) is 4.63. The van der Waals surface area contributed by atoms with Gasteiger partial charge in [0.05, 0.1) is 17.7 Å². The van der Waals surface area contributed by atoms with Gasteiger partial charge in [-0.3, -0.25) is 4.79 Å². The fourth-order valence-electron chi connectivity index (χ4n) is 3.19. The van der Waals surface area contributed by atoms with Gasteiger partial charge in [0.2, 0.25) is 0 Å². The zero-order chi connectivity index (χ0) is 20.2. The number of carbonyl (C=O) groups excluding carboxylic acids is 1. The van der Waals surface area contributed by atoms with Crippen molar-refractivity contribution in [3.8, 4) is 5.75 Å². The first kappa shape index (κ1) is 21.5. The topological polar surface area (TPSA) is 52.3 Å². The van der Waals surface area contributed by atoms with E-state index in [1.54, 1.807) is 0 Å². The predicted molar refractivity (Wildman–Crippen MR) is 86.1 cm³/mol. The summed E-state index contributed by atoms with van der Waals surface area (Å²) in [4.78, 5) is 12.2. The molecule has 1 aliphatic rings. The van der Waals surface area contributed by atoms with E-state index >= 15 is 0 Å². The van der Waals surface area contributed by atoms with Gasteiger partial charge in [-0.2, -0.15) is 26.3 Å². The lowest BCUT2D eigenvalue weighted by Crippen LogP contribution is -2.38. The Morgan fingerprint density at radius 2 is 1.56 bits per heavy atom. The normalized spacial score (nSPS) is 21.1. The molecule has 1 fully saturated rings. The van der Waals surface area contributed by atoms with Crippen molar-refractivity contribution in [3.05, 3.63) is 29.3 Å². The smallest absolute Gasteiger partial charge is 0.416 e. The summed E-state index contributed by atoms with van der Waals surface area (Å²) in [5.74, 6) is -0.797. The van der Waals surface area contributed by atoms with Gasteiger partial charge in [0.25, 0.3) is 0 Å². The first-order chi connectivity index (χ1) is 12.5. The van der Waals surface area contributed by atoms with Crippen molar-refractivity contribution in [1.29, 1.82) is 0 Å². The molecule has 2 rings (SSSR count). The van der Waals surface area contributed by atoms with E-state index in [4.69, 9.17) is 10.5 Å². The zero-order valence-electron chi connectivity index (χ0n) is 14.5. The molecule has 0 heterocycles. The highest BCUT2D eigenvalue weighted by Crippen LogP contribution is 2.38. The van der Waals surface area contributed by atoms with Crippen LogP contribution in [0.15, 0.2) is 18.2 Å². The molecule has 1 aliphatic carbocycles. The Kier molecular flexibility index (Phi) is 6.77. The van der Waals surface area contributed by atoms with Crippen LogP contribution in [0.3, 0.4) is 0 Å². The molecule has 0 radical (unpaired) electrons. The second-order valence-electron chi connectivity index (χ2n) is 6.71. The number of hydrogen-bond acceptors (Lipinski definition) is 3. The van der Waals surface area contributed by atoms with Crippen molar-refractivity contribution in [1.82, 2.24) is 0 Å². The number of hydrogen-bond donors (Lipinski definition) is 1. The van der Waals surface area contributed by atoms with E-state index in [0.29, 0.717) is 18.6 Å². The molecule has 0 saturated heterocycles. The largest absolute Gasteiger partial charge is 0.494 e. The van der Waals surface area contributed by atoms with E-state index in [2.05, 4.69) is 0 Å². The lowest BCUT2D eigenvalue weighted by molar-refractivity contribution is -0.143. The van der Waals surface area contributed by atoms with E-state index in [9.17, 15) is 31.1 Å². The molecule has 0 bridgehead atoms. The number of alkyl halides is 6. The molecule has 0 amide bonds. The molecule has 1 aromatic carbocycles. The van der Waals surface area contributed by atoms with Crippen LogP contribution in [0, 0.1) is 5.92 Å². The van der Waals surface area contributed by atoms with Gasteiger partial charge in [0, 0.05) is 18.4 Å². The van der Waals surface area contributed by atoms with Crippen molar-refractivity contribution in [2.75, 3.05) is 6.61 Å². The summed E-state index contributed by atoms with van der Waals surface area (Å²) in [7, 11) is 0.